The van der Waals surface area contributed by atoms with E-state index in [1.807, 2.05) is 13.0 Å². The van der Waals surface area contributed by atoms with Gasteiger partial charge in [0, 0.05) is 0 Å². The first-order valence-electron chi connectivity index (χ1n) is 8.14. The molecule has 1 nitrogen and oxygen atoms in total. The Morgan fingerprint density at radius 3 is 1.56 bits per heavy atom. The highest BCUT2D eigenvalue weighted by atomic mass is 16.5. The zero-order chi connectivity index (χ0) is 13.3. The first-order valence-corrected chi connectivity index (χ1v) is 8.14. The molecule has 1 heteroatoms. The number of hydrogen-bond acceptors (Lipinski definition) is 1. The van der Waals surface area contributed by atoms with Crippen molar-refractivity contribution in [3.05, 3.63) is 12.3 Å². The van der Waals surface area contributed by atoms with Crippen LogP contribution in [-0.2, 0) is 4.74 Å². The average molecular weight is 254 g/mol. The number of ether oxygens (including phenoxy) is 1. The summed E-state index contributed by atoms with van der Waals surface area (Å²) in [4.78, 5) is 0. The third kappa shape index (κ3) is 15.5. The molecule has 0 fully saturated rings. The van der Waals surface area contributed by atoms with Gasteiger partial charge in [0.15, 0.2) is 0 Å². The highest BCUT2D eigenvalue weighted by Gasteiger charge is 1.93. The van der Waals surface area contributed by atoms with Crippen molar-refractivity contribution in [2.24, 2.45) is 0 Å². The molecule has 0 aliphatic rings. The second kappa shape index (κ2) is 16.5. The molecule has 0 spiro atoms. The lowest BCUT2D eigenvalue weighted by atomic mass is 10.1. The van der Waals surface area contributed by atoms with E-state index in [1.54, 1.807) is 6.26 Å². The second-order valence-electron chi connectivity index (χ2n) is 5.23. The molecule has 0 bridgehead atoms. The summed E-state index contributed by atoms with van der Waals surface area (Å²) in [5.41, 5.74) is 0. The highest BCUT2D eigenvalue weighted by Crippen LogP contribution is 2.11. The van der Waals surface area contributed by atoms with Gasteiger partial charge in [-0.3, -0.25) is 0 Å². The molecule has 0 aliphatic carbocycles. The maximum Gasteiger partial charge on any atom is 0.0873 e. The Morgan fingerprint density at radius 1 is 0.667 bits per heavy atom. The number of rotatable bonds is 14. The van der Waals surface area contributed by atoms with Gasteiger partial charge in [-0.25, -0.2) is 0 Å². The van der Waals surface area contributed by atoms with Gasteiger partial charge in [0.2, 0.25) is 0 Å². The van der Waals surface area contributed by atoms with Gasteiger partial charge in [-0.15, -0.1) is 0 Å². The summed E-state index contributed by atoms with van der Waals surface area (Å²) in [7, 11) is 0. The van der Waals surface area contributed by atoms with Crippen LogP contribution in [-0.4, -0.2) is 6.61 Å². The third-order valence-corrected chi connectivity index (χ3v) is 3.35. The van der Waals surface area contributed by atoms with Crippen molar-refractivity contribution in [2.75, 3.05) is 6.61 Å². The summed E-state index contributed by atoms with van der Waals surface area (Å²) >= 11 is 0. The van der Waals surface area contributed by atoms with Crippen molar-refractivity contribution < 1.29 is 4.74 Å². The monoisotopic (exact) mass is 254 g/mol. The van der Waals surface area contributed by atoms with Gasteiger partial charge in [-0.1, -0.05) is 83.6 Å². The molecule has 0 unspecified atom stereocenters. The molecule has 0 radical (unpaired) electrons. The quantitative estimate of drug-likeness (QED) is 0.263. The van der Waals surface area contributed by atoms with Crippen molar-refractivity contribution in [2.45, 2.75) is 90.9 Å². The van der Waals surface area contributed by atoms with Crippen LogP contribution in [0.1, 0.15) is 90.9 Å². The first kappa shape index (κ1) is 17.5. The van der Waals surface area contributed by atoms with Crippen molar-refractivity contribution >= 4 is 0 Å². The van der Waals surface area contributed by atoms with Crippen molar-refractivity contribution in [3.8, 4) is 0 Å². The van der Waals surface area contributed by atoms with E-state index < -0.39 is 0 Å². The van der Waals surface area contributed by atoms with Crippen LogP contribution in [0.2, 0.25) is 0 Å². The van der Waals surface area contributed by atoms with Gasteiger partial charge in [0.05, 0.1) is 12.9 Å². The number of unbranched alkanes of at least 4 members (excludes halogenated alkanes) is 11. The molecular formula is C17H34O. The SMILES string of the molecule is CC=COCCCCCCCCCCCCCC. The predicted molar refractivity (Wildman–Crippen MR) is 81.8 cm³/mol. The smallest absolute Gasteiger partial charge is 0.0873 e. The van der Waals surface area contributed by atoms with Gasteiger partial charge in [0.25, 0.3) is 0 Å². The zero-order valence-electron chi connectivity index (χ0n) is 12.8. The summed E-state index contributed by atoms with van der Waals surface area (Å²) in [6.45, 7) is 5.16. The molecule has 0 atom stereocenters. The molecule has 0 amide bonds. The molecule has 18 heavy (non-hydrogen) atoms. The molecule has 0 saturated carbocycles. The van der Waals surface area contributed by atoms with E-state index in [4.69, 9.17) is 4.74 Å². The number of allylic oxidation sites excluding steroid dienone is 1. The normalized spacial score (nSPS) is 11.2. The fourth-order valence-electron chi connectivity index (χ4n) is 2.19. The molecule has 0 heterocycles. The van der Waals surface area contributed by atoms with E-state index in [1.165, 1.54) is 77.0 Å². The molecular weight excluding hydrogens is 220 g/mol. The summed E-state index contributed by atoms with van der Waals surface area (Å²) in [5.74, 6) is 0. The Balaban J connectivity index is 2.90. The summed E-state index contributed by atoms with van der Waals surface area (Å²) in [6.07, 6.45) is 20.5. The molecule has 108 valence electrons. The molecule has 0 aromatic rings. The van der Waals surface area contributed by atoms with Gasteiger partial charge in [-0.2, -0.15) is 0 Å². The maximum atomic E-state index is 5.29. The summed E-state index contributed by atoms with van der Waals surface area (Å²) in [6, 6.07) is 0. The minimum Gasteiger partial charge on any atom is -0.502 e. The molecule has 0 N–H and O–H groups in total. The second-order valence-corrected chi connectivity index (χ2v) is 5.23. The van der Waals surface area contributed by atoms with Crippen molar-refractivity contribution in [1.29, 1.82) is 0 Å². The van der Waals surface area contributed by atoms with E-state index >= 15 is 0 Å². The Labute approximate surface area is 115 Å². The van der Waals surface area contributed by atoms with E-state index in [0.29, 0.717) is 0 Å². The topological polar surface area (TPSA) is 9.23 Å². The number of hydrogen-bond donors (Lipinski definition) is 0. The largest absolute Gasteiger partial charge is 0.502 e. The fraction of sp³-hybridized carbons (Fsp3) is 0.882. The summed E-state index contributed by atoms with van der Waals surface area (Å²) in [5, 5.41) is 0. The molecule has 0 saturated heterocycles. The highest BCUT2D eigenvalue weighted by molar-refractivity contribution is 4.64. The van der Waals surface area contributed by atoms with Crippen LogP contribution in [0.15, 0.2) is 12.3 Å². The Bertz CT molecular complexity index is 163. The maximum absolute atomic E-state index is 5.29. The van der Waals surface area contributed by atoms with Crippen LogP contribution in [0.25, 0.3) is 0 Å². The average Bonchev–Trinajstić information content (AvgIpc) is 2.39. The Hall–Kier alpha value is -0.460. The lowest BCUT2D eigenvalue weighted by molar-refractivity contribution is 0.240. The van der Waals surface area contributed by atoms with Crippen LogP contribution in [0.4, 0.5) is 0 Å². The zero-order valence-corrected chi connectivity index (χ0v) is 12.8. The van der Waals surface area contributed by atoms with Crippen LogP contribution >= 0.6 is 0 Å². The predicted octanol–water partition coefficient (Wildman–Crippen LogP) is 6.24. The molecule has 0 aromatic carbocycles. The van der Waals surface area contributed by atoms with Crippen molar-refractivity contribution in [1.82, 2.24) is 0 Å². The van der Waals surface area contributed by atoms with Crippen LogP contribution in [0.3, 0.4) is 0 Å². The van der Waals surface area contributed by atoms with Gasteiger partial charge >= 0.3 is 0 Å². The lowest BCUT2D eigenvalue weighted by Crippen LogP contribution is -1.88. The van der Waals surface area contributed by atoms with Crippen LogP contribution in [0, 0.1) is 0 Å². The van der Waals surface area contributed by atoms with Gasteiger partial charge in [-0.05, 0) is 13.3 Å². The van der Waals surface area contributed by atoms with E-state index in [-0.39, 0.29) is 0 Å². The molecule has 0 rings (SSSR count). The summed E-state index contributed by atoms with van der Waals surface area (Å²) < 4.78 is 5.29. The standard InChI is InChI=1S/C17H34O/c1-3-5-6-7-8-9-10-11-12-13-14-15-17-18-16-4-2/h4,16H,3,5-15,17H2,1-2H3. The van der Waals surface area contributed by atoms with Gasteiger partial charge < -0.3 is 4.74 Å². The Morgan fingerprint density at radius 2 is 1.11 bits per heavy atom. The van der Waals surface area contributed by atoms with Gasteiger partial charge in [0.1, 0.15) is 0 Å². The minimum atomic E-state index is 0.891. The minimum absolute atomic E-state index is 0.891. The lowest BCUT2D eigenvalue weighted by Gasteiger charge is -2.03. The van der Waals surface area contributed by atoms with E-state index in [0.717, 1.165) is 6.61 Å². The fourth-order valence-corrected chi connectivity index (χ4v) is 2.19. The molecule has 0 aliphatic heterocycles. The van der Waals surface area contributed by atoms with Crippen LogP contribution < -0.4 is 0 Å². The van der Waals surface area contributed by atoms with Crippen LogP contribution in [0.5, 0.6) is 0 Å². The van der Waals surface area contributed by atoms with E-state index in [2.05, 4.69) is 6.92 Å². The van der Waals surface area contributed by atoms with E-state index in [9.17, 15) is 0 Å². The third-order valence-electron chi connectivity index (χ3n) is 3.35. The first-order chi connectivity index (χ1) is 8.91. The molecule has 0 aromatic heterocycles. The van der Waals surface area contributed by atoms with Crippen molar-refractivity contribution in [3.63, 3.8) is 0 Å². The Kier molecular flexibility index (Phi) is 16.1.